The van der Waals surface area contributed by atoms with Gasteiger partial charge in [0.15, 0.2) is 5.43 Å². The van der Waals surface area contributed by atoms with Crippen LogP contribution in [0.3, 0.4) is 0 Å². The second-order valence-electron chi connectivity index (χ2n) is 6.67. The van der Waals surface area contributed by atoms with E-state index < -0.39 is 25.8 Å². The Morgan fingerprint density at radius 1 is 1.06 bits per heavy atom. The van der Waals surface area contributed by atoms with Crippen molar-refractivity contribution in [3.63, 3.8) is 0 Å². The van der Waals surface area contributed by atoms with E-state index in [1.165, 1.54) is 16.8 Å². The number of ether oxygens (including phenoxy) is 2. The zero-order valence-electron chi connectivity index (χ0n) is 17.1. The van der Waals surface area contributed by atoms with Gasteiger partial charge in [0.2, 0.25) is 0 Å². The molecule has 0 bridgehead atoms. The van der Waals surface area contributed by atoms with Crippen LogP contribution < -0.4 is 14.9 Å². The van der Waals surface area contributed by atoms with Crippen LogP contribution in [0.1, 0.15) is 20.3 Å². The third kappa shape index (κ3) is 5.32. The Bertz CT molecular complexity index is 1170. The highest BCUT2D eigenvalue weighted by molar-refractivity contribution is 7.46. The number of fused-ring (bicyclic) bond motifs is 1. The summed E-state index contributed by atoms with van der Waals surface area (Å²) in [4.78, 5) is 31.5. The maximum absolute atomic E-state index is 14.8. The zero-order valence-corrected chi connectivity index (χ0v) is 18.0. The number of rotatable bonds is 9. The Hall–Kier alpha value is -2.71. The number of benzene rings is 2. The number of halogens is 1. The highest BCUT2D eigenvalue weighted by Gasteiger charge is 2.21. The summed E-state index contributed by atoms with van der Waals surface area (Å²) in [5.41, 5.74) is 0.101. The molecule has 0 atom stereocenters. The summed E-state index contributed by atoms with van der Waals surface area (Å²) < 4.78 is 43.0. The Morgan fingerprint density at radius 2 is 1.77 bits per heavy atom. The van der Waals surface area contributed by atoms with Gasteiger partial charge in [0.25, 0.3) is 0 Å². The molecule has 0 aliphatic rings. The second-order valence-corrected chi connectivity index (χ2v) is 7.90. The summed E-state index contributed by atoms with van der Waals surface area (Å²) in [6.07, 6.45) is 2.04. The normalized spacial score (nSPS) is 11.6. The largest absolute Gasteiger partial charge is 0.494 e. The molecule has 0 saturated carbocycles. The molecule has 0 amide bonds. The molecular formula is C21H23FNO7P. The van der Waals surface area contributed by atoms with Crippen LogP contribution in [0.25, 0.3) is 22.0 Å². The molecule has 31 heavy (non-hydrogen) atoms. The molecule has 3 aromatic rings. The molecule has 3 rings (SSSR count). The molecule has 0 spiro atoms. The number of hydrogen-bond donors (Lipinski definition) is 2. The fraction of sp³-hybridized carbons (Fsp3) is 0.286. The van der Waals surface area contributed by atoms with E-state index in [9.17, 15) is 13.8 Å². The lowest BCUT2D eigenvalue weighted by Gasteiger charge is -2.18. The lowest BCUT2D eigenvalue weighted by molar-refractivity contribution is 0.155. The van der Waals surface area contributed by atoms with Crippen LogP contribution in [-0.2, 0) is 15.8 Å². The molecule has 166 valence electrons. The number of hydrogen-bond acceptors (Lipinski definition) is 5. The van der Waals surface area contributed by atoms with E-state index in [1.807, 2.05) is 13.8 Å². The van der Waals surface area contributed by atoms with Crippen molar-refractivity contribution in [2.75, 3.05) is 13.2 Å². The predicted octanol–water partition coefficient (Wildman–Crippen LogP) is 4.06. The molecule has 2 N–H and O–H groups in total. The van der Waals surface area contributed by atoms with E-state index in [0.29, 0.717) is 30.9 Å². The third-order valence-corrected chi connectivity index (χ3v) is 4.89. The van der Waals surface area contributed by atoms with Crippen molar-refractivity contribution in [2.45, 2.75) is 27.0 Å². The minimum absolute atomic E-state index is 0.0570. The Morgan fingerprint density at radius 3 is 2.39 bits per heavy atom. The topological polar surface area (TPSA) is 107 Å². The van der Waals surface area contributed by atoms with Crippen molar-refractivity contribution < 1.29 is 32.7 Å². The van der Waals surface area contributed by atoms with E-state index in [2.05, 4.69) is 4.52 Å². The fourth-order valence-corrected chi connectivity index (χ4v) is 3.41. The van der Waals surface area contributed by atoms with Crippen LogP contribution in [0.2, 0.25) is 0 Å². The van der Waals surface area contributed by atoms with E-state index in [4.69, 9.17) is 19.3 Å². The average molecular weight is 451 g/mol. The van der Waals surface area contributed by atoms with Gasteiger partial charge in [-0.1, -0.05) is 19.1 Å². The Kier molecular flexibility index (Phi) is 7.12. The zero-order chi connectivity index (χ0) is 22.6. The van der Waals surface area contributed by atoms with Crippen LogP contribution >= 0.6 is 7.82 Å². The molecule has 2 aromatic carbocycles. The minimum atomic E-state index is -4.82. The molecule has 0 aliphatic heterocycles. The lowest BCUT2D eigenvalue weighted by atomic mass is 10.0. The number of pyridine rings is 1. The number of nitrogens with zero attached hydrogens (tertiary/aromatic N) is 1. The quantitative estimate of drug-likeness (QED) is 0.473. The predicted molar refractivity (Wildman–Crippen MR) is 114 cm³/mol. The van der Waals surface area contributed by atoms with Gasteiger partial charge in [0, 0.05) is 11.8 Å². The maximum Gasteiger partial charge on any atom is 0.471 e. The first-order valence-corrected chi connectivity index (χ1v) is 11.2. The van der Waals surface area contributed by atoms with Crippen molar-refractivity contribution in [2.24, 2.45) is 0 Å². The third-order valence-electron chi connectivity index (χ3n) is 4.44. The summed E-state index contributed by atoms with van der Waals surface area (Å²) in [6, 6.07) is 9.16. The first-order valence-electron chi connectivity index (χ1n) is 9.67. The van der Waals surface area contributed by atoms with Gasteiger partial charge in [0.05, 0.1) is 24.1 Å². The first kappa shape index (κ1) is 23.0. The molecule has 0 fully saturated rings. The maximum atomic E-state index is 14.8. The summed E-state index contributed by atoms with van der Waals surface area (Å²) in [5.74, 6) is 0.0445. The Labute approximate surface area is 178 Å². The van der Waals surface area contributed by atoms with E-state index in [0.717, 1.165) is 6.07 Å². The van der Waals surface area contributed by atoms with Gasteiger partial charge in [-0.3, -0.25) is 9.32 Å². The molecule has 0 unspecified atom stereocenters. The average Bonchev–Trinajstić information content (AvgIpc) is 2.73. The van der Waals surface area contributed by atoms with Crippen LogP contribution in [-0.4, -0.2) is 27.6 Å². The van der Waals surface area contributed by atoms with Gasteiger partial charge in [-0.25, -0.2) is 8.96 Å². The van der Waals surface area contributed by atoms with Crippen molar-refractivity contribution in [3.05, 3.63) is 58.6 Å². The number of phosphoric ester groups is 1. The van der Waals surface area contributed by atoms with Crippen molar-refractivity contribution in [1.82, 2.24) is 4.57 Å². The van der Waals surface area contributed by atoms with Gasteiger partial charge in [-0.05, 0) is 43.2 Å². The lowest BCUT2D eigenvalue weighted by Crippen LogP contribution is -2.16. The SMILES string of the molecule is CCCOc1ccc(F)c2c(=O)c(-c3ccc(OCC)cc3)cn(COP(=O)(O)O)c12. The molecule has 0 saturated heterocycles. The summed E-state index contributed by atoms with van der Waals surface area (Å²) in [5, 5.41) is -0.255. The Balaban J connectivity index is 2.24. The highest BCUT2D eigenvalue weighted by atomic mass is 31.2. The molecular weight excluding hydrogens is 428 g/mol. The standard InChI is InChI=1S/C21H23FNO7P/c1-3-11-29-18-10-9-17(22)19-20(18)23(13-30-31(25,26)27)12-16(21(19)24)14-5-7-15(8-6-14)28-4-2/h5-10,12H,3-4,11,13H2,1-2H3,(H2,25,26,27). The molecule has 0 aliphatic carbocycles. The molecule has 10 heteroatoms. The summed E-state index contributed by atoms with van der Waals surface area (Å²) in [7, 11) is -4.82. The van der Waals surface area contributed by atoms with Crippen LogP contribution in [0, 0.1) is 5.82 Å². The van der Waals surface area contributed by atoms with Gasteiger partial charge >= 0.3 is 7.82 Å². The van der Waals surface area contributed by atoms with Gasteiger partial charge < -0.3 is 23.8 Å². The minimum Gasteiger partial charge on any atom is -0.494 e. The van der Waals surface area contributed by atoms with Crippen LogP contribution in [0.4, 0.5) is 4.39 Å². The molecule has 0 radical (unpaired) electrons. The van der Waals surface area contributed by atoms with Gasteiger partial charge in [-0.2, -0.15) is 0 Å². The van der Waals surface area contributed by atoms with Gasteiger partial charge in [-0.15, -0.1) is 0 Å². The monoisotopic (exact) mass is 451 g/mol. The summed E-state index contributed by atoms with van der Waals surface area (Å²) >= 11 is 0. The van der Waals surface area contributed by atoms with E-state index in [-0.39, 0.29) is 22.2 Å². The van der Waals surface area contributed by atoms with Crippen molar-refractivity contribution >= 4 is 18.7 Å². The molecule has 1 heterocycles. The number of phosphoric acid groups is 1. The highest BCUT2D eigenvalue weighted by Crippen LogP contribution is 2.37. The fourth-order valence-electron chi connectivity index (χ4n) is 3.13. The molecule has 1 aromatic heterocycles. The second kappa shape index (κ2) is 9.62. The van der Waals surface area contributed by atoms with Crippen molar-refractivity contribution in [3.8, 4) is 22.6 Å². The van der Waals surface area contributed by atoms with Gasteiger partial charge in [0.1, 0.15) is 24.0 Å². The molecule has 8 nitrogen and oxygen atoms in total. The smallest absolute Gasteiger partial charge is 0.471 e. The van der Waals surface area contributed by atoms with E-state index >= 15 is 0 Å². The van der Waals surface area contributed by atoms with E-state index in [1.54, 1.807) is 24.3 Å². The van der Waals surface area contributed by atoms with Crippen LogP contribution in [0.5, 0.6) is 11.5 Å². The first-order chi connectivity index (χ1) is 14.7. The summed E-state index contributed by atoms with van der Waals surface area (Å²) in [6.45, 7) is 3.91. The van der Waals surface area contributed by atoms with Crippen molar-refractivity contribution in [1.29, 1.82) is 0 Å². The number of aromatic nitrogens is 1. The van der Waals surface area contributed by atoms with Crippen LogP contribution in [0.15, 0.2) is 47.4 Å².